The van der Waals surface area contributed by atoms with Gasteiger partial charge in [0.25, 0.3) is 0 Å². The highest BCUT2D eigenvalue weighted by atomic mass is 32.1. The summed E-state index contributed by atoms with van der Waals surface area (Å²) < 4.78 is 0. The first-order valence-electron chi connectivity index (χ1n) is 7.10. The first-order chi connectivity index (χ1) is 9.30. The molecule has 0 saturated heterocycles. The van der Waals surface area contributed by atoms with Gasteiger partial charge >= 0.3 is 0 Å². The molecule has 0 bridgehead atoms. The molecule has 0 atom stereocenters. The largest absolute Gasteiger partial charge is 0.389 e. The number of carbonyl (C=O) groups excluding carboxylic acids is 1. The van der Waals surface area contributed by atoms with Crippen LogP contribution in [0.4, 0.5) is 0 Å². The number of hydrogen-bond acceptors (Lipinski definition) is 4. The third kappa shape index (κ3) is 4.04. The molecular weight excluding hydrogens is 272 g/mol. The lowest BCUT2D eigenvalue weighted by Gasteiger charge is -2.40. The minimum atomic E-state index is -0.584. The minimum absolute atomic E-state index is 0.358. The molecule has 0 aliphatic heterocycles. The molecule has 2 rings (SSSR count). The summed E-state index contributed by atoms with van der Waals surface area (Å²) in [5.74, 6) is -0.388. The number of amides is 1. The Bertz CT molecular complexity index is 472. The number of nitrogens with two attached hydrogens (primary N) is 1. The highest BCUT2D eigenvalue weighted by molar-refractivity contribution is 7.10. The van der Waals surface area contributed by atoms with Gasteiger partial charge in [0.1, 0.15) is 0 Å². The van der Waals surface area contributed by atoms with Gasteiger partial charge in [0.15, 0.2) is 0 Å². The predicted octanol–water partition coefficient (Wildman–Crippen LogP) is 2.27. The van der Waals surface area contributed by atoms with Crippen molar-refractivity contribution in [1.82, 2.24) is 5.32 Å². The van der Waals surface area contributed by atoms with Crippen LogP contribution in [0.2, 0.25) is 0 Å². The fraction of sp³-hybridized carbons (Fsp3) is 0.667. The van der Waals surface area contributed by atoms with Gasteiger partial charge in [0.05, 0.1) is 11.2 Å². The molecular formula is C15H24N2O2S. The topological polar surface area (TPSA) is 75.3 Å². The van der Waals surface area contributed by atoms with E-state index in [2.05, 4.69) is 19.2 Å². The Kier molecular flexibility index (Phi) is 4.52. The molecule has 1 fully saturated rings. The maximum absolute atomic E-state index is 11.0. The van der Waals surface area contributed by atoms with Gasteiger partial charge < -0.3 is 16.2 Å². The summed E-state index contributed by atoms with van der Waals surface area (Å²) in [7, 11) is 0. The van der Waals surface area contributed by atoms with Gasteiger partial charge in [-0.1, -0.05) is 13.8 Å². The zero-order valence-electron chi connectivity index (χ0n) is 12.2. The van der Waals surface area contributed by atoms with Crippen LogP contribution in [0.5, 0.6) is 0 Å². The highest BCUT2D eigenvalue weighted by Gasteiger charge is 2.36. The number of nitrogens with one attached hydrogen (secondary N) is 1. The number of primary amides is 1. The number of aliphatic hydroxyl groups is 1. The average molecular weight is 296 g/mol. The summed E-state index contributed by atoms with van der Waals surface area (Å²) in [4.78, 5) is 12.1. The van der Waals surface area contributed by atoms with Gasteiger partial charge in [0.2, 0.25) is 5.91 Å². The Hall–Kier alpha value is -0.910. The van der Waals surface area contributed by atoms with Gasteiger partial charge in [-0.05, 0) is 37.2 Å². The monoisotopic (exact) mass is 296 g/mol. The molecule has 0 spiro atoms. The summed E-state index contributed by atoms with van der Waals surface area (Å²) in [5, 5.41) is 15.6. The van der Waals surface area contributed by atoms with Gasteiger partial charge in [-0.15, -0.1) is 11.3 Å². The van der Waals surface area contributed by atoms with Crippen molar-refractivity contribution < 1.29 is 9.90 Å². The number of carbonyl (C=O) groups is 1. The molecule has 5 heteroatoms. The Morgan fingerprint density at radius 1 is 1.40 bits per heavy atom. The second-order valence-electron chi connectivity index (χ2n) is 6.66. The van der Waals surface area contributed by atoms with Crippen molar-refractivity contribution in [2.75, 3.05) is 6.54 Å². The van der Waals surface area contributed by atoms with E-state index in [0.717, 1.165) is 30.6 Å². The maximum atomic E-state index is 11.0. The van der Waals surface area contributed by atoms with Gasteiger partial charge in [0, 0.05) is 23.3 Å². The van der Waals surface area contributed by atoms with E-state index in [1.165, 1.54) is 11.3 Å². The van der Waals surface area contributed by atoms with E-state index in [1.807, 2.05) is 6.07 Å². The smallest absolute Gasteiger partial charge is 0.249 e. The molecule has 1 heterocycles. The van der Waals surface area contributed by atoms with Crippen LogP contribution < -0.4 is 11.1 Å². The molecule has 1 saturated carbocycles. The lowest BCUT2D eigenvalue weighted by molar-refractivity contribution is -0.0244. The van der Waals surface area contributed by atoms with Crippen LogP contribution in [0.25, 0.3) is 0 Å². The molecule has 1 aliphatic rings. The van der Waals surface area contributed by atoms with Crippen molar-refractivity contribution >= 4 is 17.2 Å². The molecule has 1 aromatic rings. The van der Waals surface area contributed by atoms with Crippen molar-refractivity contribution in [2.24, 2.45) is 11.1 Å². The Morgan fingerprint density at radius 2 is 2.05 bits per heavy atom. The van der Waals surface area contributed by atoms with E-state index in [9.17, 15) is 9.90 Å². The molecule has 1 aliphatic carbocycles. The molecule has 1 amide bonds. The molecule has 4 N–H and O–H groups in total. The summed E-state index contributed by atoms with van der Waals surface area (Å²) in [6.07, 6.45) is 3.83. The minimum Gasteiger partial charge on any atom is -0.389 e. The van der Waals surface area contributed by atoms with E-state index in [4.69, 9.17) is 5.73 Å². The van der Waals surface area contributed by atoms with Gasteiger partial charge in [-0.2, -0.15) is 0 Å². The van der Waals surface area contributed by atoms with Crippen LogP contribution in [0.3, 0.4) is 0 Å². The summed E-state index contributed by atoms with van der Waals surface area (Å²) in [5.41, 5.74) is 5.56. The quantitative estimate of drug-likeness (QED) is 0.780. The van der Waals surface area contributed by atoms with E-state index in [1.54, 1.807) is 5.38 Å². The van der Waals surface area contributed by atoms with Crippen LogP contribution in [-0.2, 0) is 6.54 Å². The lowest BCUT2D eigenvalue weighted by Crippen LogP contribution is -2.44. The van der Waals surface area contributed by atoms with Crippen LogP contribution in [-0.4, -0.2) is 23.2 Å². The number of rotatable bonds is 5. The van der Waals surface area contributed by atoms with Crippen LogP contribution in [0.1, 0.15) is 54.8 Å². The van der Waals surface area contributed by atoms with E-state index >= 15 is 0 Å². The highest BCUT2D eigenvalue weighted by Crippen LogP contribution is 2.39. The number of hydrogen-bond donors (Lipinski definition) is 3. The predicted molar refractivity (Wildman–Crippen MR) is 81.7 cm³/mol. The molecule has 4 nitrogen and oxygen atoms in total. The third-order valence-electron chi connectivity index (χ3n) is 4.23. The lowest BCUT2D eigenvalue weighted by atomic mass is 9.71. The van der Waals surface area contributed by atoms with Crippen molar-refractivity contribution in [3.05, 3.63) is 21.9 Å². The molecule has 1 aromatic heterocycles. The standard InChI is InChI=1S/C15H24N2O2S/c1-14(2)3-5-15(19,6-4-14)10-17-8-12-7-11(9-20-12)13(16)18/h7,9,17,19H,3-6,8,10H2,1-2H3,(H2,16,18). The van der Waals surface area contributed by atoms with Crippen LogP contribution >= 0.6 is 11.3 Å². The first kappa shape index (κ1) is 15.5. The van der Waals surface area contributed by atoms with Gasteiger partial charge in [-0.25, -0.2) is 0 Å². The Balaban J connectivity index is 1.79. The van der Waals surface area contributed by atoms with E-state index < -0.39 is 5.60 Å². The van der Waals surface area contributed by atoms with Gasteiger partial charge in [-0.3, -0.25) is 4.79 Å². The second-order valence-corrected chi connectivity index (χ2v) is 7.65. The van der Waals surface area contributed by atoms with Crippen molar-refractivity contribution in [2.45, 2.75) is 51.7 Å². The average Bonchev–Trinajstić information content (AvgIpc) is 2.83. The number of thiophene rings is 1. The zero-order chi connectivity index (χ0) is 14.8. The van der Waals surface area contributed by atoms with Crippen LogP contribution in [0, 0.1) is 5.41 Å². The van der Waals surface area contributed by atoms with E-state index in [0.29, 0.717) is 24.1 Å². The SMILES string of the molecule is CC1(C)CCC(O)(CNCc2cc(C(N)=O)cs2)CC1. The Morgan fingerprint density at radius 3 is 2.60 bits per heavy atom. The third-order valence-corrected chi connectivity index (χ3v) is 5.16. The zero-order valence-corrected chi connectivity index (χ0v) is 13.1. The van der Waals surface area contributed by atoms with Crippen LogP contribution in [0.15, 0.2) is 11.4 Å². The summed E-state index contributed by atoms with van der Waals surface area (Å²) in [6, 6.07) is 1.81. The fourth-order valence-electron chi connectivity index (χ4n) is 2.59. The molecule has 0 radical (unpaired) electrons. The van der Waals surface area contributed by atoms with Crippen molar-refractivity contribution in [3.8, 4) is 0 Å². The fourth-order valence-corrected chi connectivity index (χ4v) is 3.43. The molecule has 0 aromatic carbocycles. The molecule has 112 valence electrons. The maximum Gasteiger partial charge on any atom is 0.249 e. The molecule has 20 heavy (non-hydrogen) atoms. The summed E-state index contributed by atoms with van der Waals surface area (Å²) in [6.45, 7) is 5.80. The van der Waals surface area contributed by atoms with Crippen molar-refractivity contribution in [1.29, 1.82) is 0 Å². The normalized spacial score (nSPS) is 20.8. The van der Waals surface area contributed by atoms with Crippen molar-refractivity contribution in [3.63, 3.8) is 0 Å². The second kappa shape index (κ2) is 5.84. The van der Waals surface area contributed by atoms with E-state index in [-0.39, 0.29) is 5.91 Å². The first-order valence-corrected chi connectivity index (χ1v) is 7.98. The Labute approximate surface area is 124 Å². The summed E-state index contributed by atoms with van der Waals surface area (Å²) >= 11 is 1.52. The molecule has 0 unspecified atom stereocenters.